The summed E-state index contributed by atoms with van der Waals surface area (Å²) in [5.41, 5.74) is 1.26. The zero-order chi connectivity index (χ0) is 11.1. The number of benzene rings is 1. The first kappa shape index (κ1) is 10.9. The summed E-state index contributed by atoms with van der Waals surface area (Å²) in [5.74, 6) is 2.22. The molecule has 1 N–H and O–H groups in total. The van der Waals surface area contributed by atoms with E-state index < -0.39 is 0 Å². The van der Waals surface area contributed by atoms with E-state index in [-0.39, 0.29) is 0 Å². The van der Waals surface area contributed by atoms with Gasteiger partial charge in [-0.1, -0.05) is 11.6 Å². The second-order valence-electron chi connectivity index (χ2n) is 4.47. The minimum atomic E-state index is 0.549. The highest BCUT2D eigenvalue weighted by atomic mass is 79.9. The van der Waals surface area contributed by atoms with Gasteiger partial charge in [0.05, 0.1) is 11.1 Å². The molecule has 1 aromatic carbocycles. The summed E-state index contributed by atoms with van der Waals surface area (Å²) in [5, 5.41) is 4.24. The van der Waals surface area contributed by atoms with Crippen molar-refractivity contribution in [3.63, 3.8) is 0 Å². The van der Waals surface area contributed by atoms with Crippen molar-refractivity contribution >= 4 is 27.5 Å². The summed E-state index contributed by atoms with van der Waals surface area (Å²) in [6.07, 6.45) is 1.12. The summed E-state index contributed by atoms with van der Waals surface area (Å²) < 4.78 is 6.81. The van der Waals surface area contributed by atoms with Gasteiger partial charge in [-0.3, -0.25) is 0 Å². The normalized spacial score (nSPS) is 27.9. The monoisotopic (exact) mass is 301 g/mol. The zero-order valence-electron chi connectivity index (χ0n) is 8.80. The lowest BCUT2D eigenvalue weighted by atomic mass is 9.87. The minimum absolute atomic E-state index is 0.549. The highest BCUT2D eigenvalue weighted by molar-refractivity contribution is 9.10. The third-order valence-electron chi connectivity index (χ3n) is 3.51. The lowest BCUT2D eigenvalue weighted by molar-refractivity contribution is 0.295. The molecule has 0 aliphatic carbocycles. The van der Waals surface area contributed by atoms with E-state index in [1.807, 2.05) is 6.07 Å². The van der Waals surface area contributed by atoms with Gasteiger partial charge in [0.25, 0.3) is 0 Å². The van der Waals surface area contributed by atoms with Crippen molar-refractivity contribution in [1.29, 1.82) is 0 Å². The number of fused-ring (bicyclic) bond motifs is 3. The fourth-order valence-electron chi connectivity index (χ4n) is 2.72. The molecule has 0 aromatic heterocycles. The van der Waals surface area contributed by atoms with Crippen LogP contribution in [0, 0.1) is 5.92 Å². The molecule has 1 saturated heterocycles. The molecule has 1 aromatic rings. The second-order valence-corrected chi connectivity index (χ2v) is 5.76. The first-order valence-electron chi connectivity index (χ1n) is 5.58. The summed E-state index contributed by atoms with van der Waals surface area (Å²) in [6, 6.07) is 3.96. The van der Waals surface area contributed by atoms with E-state index in [9.17, 15) is 0 Å². The first-order chi connectivity index (χ1) is 7.75. The van der Waals surface area contributed by atoms with Gasteiger partial charge < -0.3 is 10.1 Å². The molecule has 2 nitrogen and oxygen atoms in total. The fourth-order valence-corrected chi connectivity index (χ4v) is 3.67. The van der Waals surface area contributed by atoms with Crippen LogP contribution in [-0.2, 0) is 0 Å². The van der Waals surface area contributed by atoms with E-state index in [2.05, 4.69) is 27.3 Å². The molecule has 4 heteroatoms. The maximum absolute atomic E-state index is 6.12. The number of halogens is 2. The van der Waals surface area contributed by atoms with Crippen LogP contribution < -0.4 is 10.1 Å². The largest absolute Gasteiger partial charge is 0.492 e. The number of ether oxygens (including phenoxy) is 1. The molecule has 2 aliphatic heterocycles. The molecule has 0 amide bonds. The Labute approximate surface area is 108 Å². The van der Waals surface area contributed by atoms with Crippen LogP contribution in [0.5, 0.6) is 5.75 Å². The van der Waals surface area contributed by atoms with Gasteiger partial charge in [-0.25, -0.2) is 0 Å². The number of nitrogens with one attached hydrogen (secondary N) is 1. The summed E-state index contributed by atoms with van der Waals surface area (Å²) in [4.78, 5) is 0. The minimum Gasteiger partial charge on any atom is -0.492 e. The van der Waals surface area contributed by atoms with Crippen LogP contribution in [0.2, 0.25) is 5.02 Å². The molecule has 2 atom stereocenters. The SMILES string of the molecule is Clc1cc(Br)c2c(c1)[C@H]1CNC[C@H]1CCO2. The molecule has 86 valence electrons. The second kappa shape index (κ2) is 4.21. The Morgan fingerprint density at radius 2 is 2.25 bits per heavy atom. The number of rotatable bonds is 0. The van der Waals surface area contributed by atoms with Crippen LogP contribution in [0.3, 0.4) is 0 Å². The molecule has 0 radical (unpaired) electrons. The topological polar surface area (TPSA) is 21.3 Å². The van der Waals surface area contributed by atoms with Crippen LogP contribution in [0.25, 0.3) is 0 Å². The summed E-state index contributed by atoms with van der Waals surface area (Å²) >= 11 is 9.65. The van der Waals surface area contributed by atoms with Gasteiger partial charge in [0.15, 0.2) is 0 Å². The zero-order valence-corrected chi connectivity index (χ0v) is 11.1. The lowest BCUT2D eigenvalue weighted by Crippen LogP contribution is -2.11. The van der Waals surface area contributed by atoms with Crippen molar-refractivity contribution in [2.75, 3.05) is 19.7 Å². The maximum atomic E-state index is 6.12. The molecular weight excluding hydrogens is 289 g/mol. The van der Waals surface area contributed by atoms with Gasteiger partial charge in [0.2, 0.25) is 0 Å². The molecule has 16 heavy (non-hydrogen) atoms. The summed E-state index contributed by atoms with van der Waals surface area (Å²) in [7, 11) is 0. The van der Waals surface area contributed by atoms with Crippen molar-refractivity contribution in [3.8, 4) is 5.75 Å². The van der Waals surface area contributed by atoms with Crippen molar-refractivity contribution in [1.82, 2.24) is 5.32 Å². The number of hydrogen-bond donors (Lipinski definition) is 1. The Bertz CT molecular complexity index is 424. The third-order valence-corrected chi connectivity index (χ3v) is 4.32. The van der Waals surface area contributed by atoms with E-state index in [0.717, 1.165) is 41.4 Å². The highest BCUT2D eigenvalue weighted by Crippen LogP contribution is 2.43. The van der Waals surface area contributed by atoms with Crippen LogP contribution in [0.1, 0.15) is 17.9 Å². The van der Waals surface area contributed by atoms with E-state index >= 15 is 0 Å². The lowest BCUT2D eigenvalue weighted by Gasteiger charge is -2.16. The predicted molar refractivity (Wildman–Crippen MR) is 68.4 cm³/mol. The highest BCUT2D eigenvalue weighted by Gasteiger charge is 2.33. The molecule has 0 spiro atoms. The standard InChI is InChI=1S/C12H13BrClNO/c13-11-4-8(14)3-9-10-6-15-5-7(10)1-2-16-12(9)11/h3-4,7,10,15H,1-2,5-6H2/t7-,10+/m1/s1. The van der Waals surface area contributed by atoms with E-state index in [0.29, 0.717) is 11.8 Å². The molecule has 0 bridgehead atoms. The van der Waals surface area contributed by atoms with Crippen LogP contribution in [-0.4, -0.2) is 19.7 Å². The molecule has 0 saturated carbocycles. The molecule has 3 rings (SSSR count). The summed E-state index contributed by atoms with van der Waals surface area (Å²) in [6.45, 7) is 2.93. The Balaban J connectivity index is 2.12. The maximum Gasteiger partial charge on any atom is 0.137 e. The Morgan fingerprint density at radius 3 is 3.12 bits per heavy atom. The molecule has 1 fully saturated rings. The Hall–Kier alpha value is -0.250. The van der Waals surface area contributed by atoms with Crippen LogP contribution in [0.15, 0.2) is 16.6 Å². The van der Waals surface area contributed by atoms with Crippen LogP contribution in [0.4, 0.5) is 0 Å². The van der Waals surface area contributed by atoms with Crippen molar-refractivity contribution in [2.45, 2.75) is 12.3 Å². The predicted octanol–water partition coefficient (Wildman–Crippen LogP) is 3.19. The first-order valence-corrected chi connectivity index (χ1v) is 6.75. The van der Waals surface area contributed by atoms with Crippen LogP contribution >= 0.6 is 27.5 Å². The van der Waals surface area contributed by atoms with E-state index in [4.69, 9.17) is 16.3 Å². The molecule has 0 unspecified atom stereocenters. The van der Waals surface area contributed by atoms with Gasteiger partial charge in [-0.15, -0.1) is 0 Å². The van der Waals surface area contributed by atoms with E-state index in [1.165, 1.54) is 5.56 Å². The molecule has 2 heterocycles. The Morgan fingerprint density at radius 1 is 1.38 bits per heavy atom. The average Bonchev–Trinajstić information content (AvgIpc) is 2.62. The van der Waals surface area contributed by atoms with Gasteiger partial charge in [-0.05, 0) is 46.9 Å². The van der Waals surface area contributed by atoms with E-state index in [1.54, 1.807) is 0 Å². The van der Waals surface area contributed by atoms with Gasteiger partial charge in [0, 0.05) is 23.0 Å². The average molecular weight is 303 g/mol. The smallest absolute Gasteiger partial charge is 0.137 e. The molecule has 2 aliphatic rings. The number of hydrogen-bond acceptors (Lipinski definition) is 2. The van der Waals surface area contributed by atoms with Crippen molar-refractivity contribution in [3.05, 3.63) is 27.2 Å². The quantitative estimate of drug-likeness (QED) is 0.795. The third kappa shape index (κ3) is 1.75. The fraction of sp³-hybridized carbons (Fsp3) is 0.500. The van der Waals surface area contributed by atoms with Gasteiger partial charge in [0.1, 0.15) is 5.75 Å². The Kier molecular flexibility index (Phi) is 2.86. The molecular formula is C12H13BrClNO. The van der Waals surface area contributed by atoms with Gasteiger partial charge >= 0.3 is 0 Å². The van der Waals surface area contributed by atoms with Crippen molar-refractivity contribution < 1.29 is 4.74 Å². The van der Waals surface area contributed by atoms with Crippen molar-refractivity contribution in [2.24, 2.45) is 5.92 Å². The van der Waals surface area contributed by atoms with Gasteiger partial charge in [-0.2, -0.15) is 0 Å².